The van der Waals surface area contributed by atoms with Crippen molar-refractivity contribution < 1.29 is 0 Å². The molecule has 0 fully saturated rings. The number of rotatable bonds is 3. The SMILES string of the molecule is Cc1ccc(C(C)Nc2ccc3nc(C)sc3c2)s1. The lowest BCUT2D eigenvalue weighted by Gasteiger charge is -2.13. The summed E-state index contributed by atoms with van der Waals surface area (Å²) < 4.78 is 1.25. The molecule has 1 unspecified atom stereocenters. The van der Waals surface area contributed by atoms with Gasteiger partial charge in [0.15, 0.2) is 0 Å². The Morgan fingerprint density at radius 2 is 1.95 bits per heavy atom. The Kier molecular flexibility index (Phi) is 3.29. The van der Waals surface area contributed by atoms with E-state index >= 15 is 0 Å². The zero-order valence-corrected chi connectivity index (χ0v) is 12.9. The minimum Gasteiger partial charge on any atom is -0.378 e. The molecular weight excluding hydrogens is 272 g/mol. The van der Waals surface area contributed by atoms with E-state index in [1.807, 2.05) is 11.3 Å². The van der Waals surface area contributed by atoms with Crippen molar-refractivity contribution in [2.45, 2.75) is 26.8 Å². The minimum atomic E-state index is 0.338. The number of hydrogen-bond acceptors (Lipinski definition) is 4. The van der Waals surface area contributed by atoms with Crippen LogP contribution in [0, 0.1) is 13.8 Å². The van der Waals surface area contributed by atoms with Crippen LogP contribution in [0.3, 0.4) is 0 Å². The van der Waals surface area contributed by atoms with Gasteiger partial charge in [0.2, 0.25) is 0 Å². The first-order valence-electron chi connectivity index (χ1n) is 6.32. The summed E-state index contributed by atoms with van der Waals surface area (Å²) in [5.74, 6) is 0. The van der Waals surface area contributed by atoms with Gasteiger partial charge in [0.25, 0.3) is 0 Å². The molecule has 1 aromatic carbocycles. The number of aryl methyl sites for hydroxylation is 2. The van der Waals surface area contributed by atoms with E-state index in [0.29, 0.717) is 6.04 Å². The van der Waals surface area contributed by atoms with Crippen LogP contribution in [0.15, 0.2) is 30.3 Å². The highest BCUT2D eigenvalue weighted by Gasteiger charge is 2.08. The summed E-state index contributed by atoms with van der Waals surface area (Å²) in [6, 6.07) is 11.1. The lowest BCUT2D eigenvalue weighted by Crippen LogP contribution is -2.04. The standard InChI is InChI=1S/C15H16N2S2/c1-9-4-7-14(18-9)10(2)16-12-5-6-13-15(8-12)19-11(3)17-13/h4-8,10,16H,1-3H3. The van der Waals surface area contributed by atoms with Crippen LogP contribution >= 0.6 is 22.7 Å². The van der Waals surface area contributed by atoms with E-state index in [1.54, 1.807) is 11.3 Å². The second-order valence-electron chi connectivity index (χ2n) is 4.73. The first-order valence-corrected chi connectivity index (χ1v) is 7.95. The summed E-state index contributed by atoms with van der Waals surface area (Å²) in [4.78, 5) is 7.22. The Hall–Kier alpha value is -1.39. The number of thiophene rings is 1. The molecule has 1 N–H and O–H groups in total. The van der Waals surface area contributed by atoms with Crippen molar-refractivity contribution in [2.24, 2.45) is 0 Å². The third-order valence-corrected chi connectivity index (χ3v) is 5.18. The molecule has 98 valence electrons. The highest BCUT2D eigenvalue weighted by molar-refractivity contribution is 7.18. The molecule has 0 saturated heterocycles. The number of nitrogens with one attached hydrogen (secondary N) is 1. The number of nitrogens with zero attached hydrogens (tertiary/aromatic N) is 1. The van der Waals surface area contributed by atoms with Crippen molar-refractivity contribution in [3.63, 3.8) is 0 Å². The smallest absolute Gasteiger partial charge is 0.0907 e. The average Bonchev–Trinajstić information content (AvgIpc) is 2.93. The normalized spacial score (nSPS) is 12.8. The maximum atomic E-state index is 4.49. The molecule has 19 heavy (non-hydrogen) atoms. The number of anilines is 1. The van der Waals surface area contributed by atoms with Gasteiger partial charge in [-0.25, -0.2) is 4.98 Å². The van der Waals surface area contributed by atoms with Crippen molar-refractivity contribution in [2.75, 3.05) is 5.32 Å². The monoisotopic (exact) mass is 288 g/mol. The molecule has 0 radical (unpaired) electrons. The van der Waals surface area contributed by atoms with E-state index in [1.165, 1.54) is 14.5 Å². The summed E-state index contributed by atoms with van der Waals surface area (Å²) in [6.07, 6.45) is 0. The van der Waals surface area contributed by atoms with Crippen LogP contribution in [0.25, 0.3) is 10.2 Å². The first-order chi connectivity index (χ1) is 9.11. The van der Waals surface area contributed by atoms with Crippen LogP contribution in [0.4, 0.5) is 5.69 Å². The molecule has 4 heteroatoms. The zero-order chi connectivity index (χ0) is 13.4. The molecule has 2 heterocycles. The second kappa shape index (κ2) is 4.94. The van der Waals surface area contributed by atoms with Gasteiger partial charge >= 0.3 is 0 Å². The Labute approximate surface area is 121 Å². The van der Waals surface area contributed by atoms with Gasteiger partial charge in [0.05, 0.1) is 21.3 Å². The molecule has 0 bridgehead atoms. The van der Waals surface area contributed by atoms with Crippen molar-refractivity contribution in [1.82, 2.24) is 4.98 Å². The summed E-state index contributed by atoms with van der Waals surface area (Å²) in [7, 11) is 0. The van der Waals surface area contributed by atoms with E-state index in [9.17, 15) is 0 Å². The number of fused-ring (bicyclic) bond motifs is 1. The summed E-state index contributed by atoms with van der Waals surface area (Å²) in [6.45, 7) is 6.40. The molecular formula is C15H16N2S2. The van der Waals surface area contributed by atoms with E-state index in [2.05, 4.69) is 61.4 Å². The van der Waals surface area contributed by atoms with Crippen molar-refractivity contribution >= 4 is 38.6 Å². The largest absolute Gasteiger partial charge is 0.378 e. The minimum absolute atomic E-state index is 0.338. The molecule has 2 nitrogen and oxygen atoms in total. The highest BCUT2D eigenvalue weighted by Crippen LogP contribution is 2.29. The van der Waals surface area contributed by atoms with Crippen molar-refractivity contribution in [1.29, 1.82) is 0 Å². The van der Waals surface area contributed by atoms with Gasteiger partial charge in [-0.3, -0.25) is 0 Å². The Morgan fingerprint density at radius 3 is 2.68 bits per heavy atom. The topological polar surface area (TPSA) is 24.9 Å². The van der Waals surface area contributed by atoms with Gasteiger partial charge < -0.3 is 5.32 Å². The summed E-state index contributed by atoms with van der Waals surface area (Å²) >= 11 is 3.60. The van der Waals surface area contributed by atoms with E-state index in [0.717, 1.165) is 16.2 Å². The lowest BCUT2D eigenvalue weighted by atomic mass is 10.2. The predicted molar refractivity (Wildman–Crippen MR) is 85.5 cm³/mol. The highest BCUT2D eigenvalue weighted by atomic mass is 32.1. The fraction of sp³-hybridized carbons (Fsp3) is 0.267. The Balaban J connectivity index is 1.84. The molecule has 2 aromatic heterocycles. The average molecular weight is 288 g/mol. The molecule has 3 rings (SSSR count). The number of hydrogen-bond donors (Lipinski definition) is 1. The first kappa shape index (κ1) is 12.6. The second-order valence-corrected chi connectivity index (χ2v) is 7.28. The molecule has 3 aromatic rings. The summed E-state index contributed by atoms with van der Waals surface area (Å²) in [5.41, 5.74) is 2.25. The summed E-state index contributed by atoms with van der Waals surface area (Å²) in [5, 5.41) is 4.68. The molecule has 0 spiro atoms. The van der Waals surface area contributed by atoms with Gasteiger partial charge in [-0.1, -0.05) is 0 Å². The number of aromatic nitrogens is 1. The third kappa shape index (κ3) is 2.65. The van der Waals surface area contributed by atoms with Crippen LogP contribution in [-0.2, 0) is 0 Å². The van der Waals surface area contributed by atoms with E-state index < -0.39 is 0 Å². The fourth-order valence-electron chi connectivity index (χ4n) is 2.14. The van der Waals surface area contributed by atoms with E-state index in [-0.39, 0.29) is 0 Å². The molecule has 0 aliphatic carbocycles. The van der Waals surface area contributed by atoms with E-state index in [4.69, 9.17) is 0 Å². The van der Waals surface area contributed by atoms with Gasteiger partial charge in [0.1, 0.15) is 0 Å². The maximum Gasteiger partial charge on any atom is 0.0907 e. The van der Waals surface area contributed by atoms with Crippen molar-refractivity contribution in [3.05, 3.63) is 45.1 Å². The Bertz CT molecular complexity index is 712. The maximum absolute atomic E-state index is 4.49. The zero-order valence-electron chi connectivity index (χ0n) is 11.2. The van der Waals surface area contributed by atoms with Gasteiger partial charge in [-0.2, -0.15) is 0 Å². The molecule has 0 saturated carbocycles. The number of benzene rings is 1. The van der Waals surface area contributed by atoms with Gasteiger partial charge in [-0.15, -0.1) is 22.7 Å². The fourth-order valence-corrected chi connectivity index (χ4v) is 3.88. The van der Waals surface area contributed by atoms with Crippen LogP contribution in [0.2, 0.25) is 0 Å². The number of thiazole rings is 1. The molecule has 0 amide bonds. The molecule has 1 atom stereocenters. The van der Waals surface area contributed by atoms with Crippen LogP contribution in [0.5, 0.6) is 0 Å². The van der Waals surface area contributed by atoms with Crippen molar-refractivity contribution in [3.8, 4) is 0 Å². The molecule has 0 aliphatic rings. The van der Waals surface area contributed by atoms with Gasteiger partial charge in [-0.05, 0) is 51.1 Å². The van der Waals surface area contributed by atoms with Crippen LogP contribution < -0.4 is 5.32 Å². The predicted octanol–water partition coefficient (Wildman–Crippen LogP) is 5.15. The van der Waals surface area contributed by atoms with Gasteiger partial charge in [0, 0.05) is 15.4 Å². The lowest BCUT2D eigenvalue weighted by molar-refractivity contribution is 0.909. The van der Waals surface area contributed by atoms with Crippen LogP contribution in [-0.4, -0.2) is 4.98 Å². The van der Waals surface area contributed by atoms with Crippen LogP contribution in [0.1, 0.15) is 27.7 Å². The quantitative estimate of drug-likeness (QED) is 0.721. The molecule has 0 aliphatic heterocycles. The third-order valence-electron chi connectivity index (χ3n) is 3.07. The Morgan fingerprint density at radius 1 is 1.11 bits per heavy atom.